The average molecular weight is 275 g/mol. The second kappa shape index (κ2) is 4.63. The fourth-order valence-corrected chi connectivity index (χ4v) is 3.05. The van der Waals surface area contributed by atoms with E-state index >= 15 is 0 Å². The third-order valence-corrected chi connectivity index (χ3v) is 3.93. The van der Waals surface area contributed by atoms with Crippen molar-refractivity contribution in [3.63, 3.8) is 0 Å². The molecule has 1 N–H and O–H groups in total. The zero-order chi connectivity index (χ0) is 13.6. The third kappa shape index (κ3) is 2.05. The Hall–Kier alpha value is -1.37. The summed E-state index contributed by atoms with van der Waals surface area (Å²) in [6.07, 6.45) is 2.67. The first-order valence-corrected chi connectivity index (χ1v) is 6.28. The molecule has 3 rings (SSSR count). The monoisotopic (exact) mass is 275 g/mol. The molecular formula is C12H13F4N3. The lowest BCUT2D eigenvalue weighted by molar-refractivity contribution is 0.317. The summed E-state index contributed by atoms with van der Waals surface area (Å²) in [5.41, 5.74) is -0.747. The van der Waals surface area contributed by atoms with Crippen LogP contribution in [0.3, 0.4) is 0 Å². The number of pyridine rings is 1. The van der Waals surface area contributed by atoms with E-state index in [0.29, 0.717) is 6.42 Å². The van der Waals surface area contributed by atoms with E-state index < -0.39 is 29.2 Å². The molecule has 7 heteroatoms. The summed E-state index contributed by atoms with van der Waals surface area (Å²) in [5, 5.41) is 2.62. The van der Waals surface area contributed by atoms with Gasteiger partial charge in [0.2, 0.25) is 11.6 Å². The largest absolute Gasteiger partial charge is 0.376 e. The average Bonchev–Trinajstić information content (AvgIpc) is 2.96. The molecule has 19 heavy (non-hydrogen) atoms. The lowest BCUT2D eigenvalue weighted by atomic mass is 10.1. The van der Waals surface area contributed by atoms with Crippen molar-refractivity contribution < 1.29 is 17.6 Å². The minimum Gasteiger partial charge on any atom is -0.376 e. The van der Waals surface area contributed by atoms with Gasteiger partial charge >= 0.3 is 0 Å². The normalized spacial score (nSPS) is 26.7. The van der Waals surface area contributed by atoms with Gasteiger partial charge in [-0.1, -0.05) is 0 Å². The molecule has 2 saturated heterocycles. The van der Waals surface area contributed by atoms with Crippen LogP contribution in [-0.2, 0) is 0 Å². The van der Waals surface area contributed by atoms with Crippen LogP contribution < -0.4 is 5.32 Å². The fraction of sp³-hybridized carbons (Fsp3) is 0.583. The molecule has 0 saturated carbocycles. The van der Waals surface area contributed by atoms with Crippen LogP contribution in [0.2, 0.25) is 0 Å². The molecule has 1 aromatic rings. The van der Waals surface area contributed by atoms with E-state index in [9.17, 15) is 17.6 Å². The lowest BCUT2D eigenvalue weighted by Crippen LogP contribution is -2.34. The lowest BCUT2D eigenvalue weighted by Gasteiger charge is -2.22. The zero-order valence-corrected chi connectivity index (χ0v) is 10.1. The van der Waals surface area contributed by atoms with E-state index in [-0.39, 0.29) is 12.1 Å². The van der Waals surface area contributed by atoms with Gasteiger partial charge in [-0.3, -0.25) is 4.90 Å². The zero-order valence-electron chi connectivity index (χ0n) is 10.1. The number of halogens is 4. The molecule has 0 aromatic carbocycles. The second-order valence-corrected chi connectivity index (χ2v) is 4.98. The van der Waals surface area contributed by atoms with Gasteiger partial charge in [-0.2, -0.15) is 22.5 Å². The number of hydrogen-bond acceptors (Lipinski definition) is 3. The molecule has 2 aliphatic rings. The van der Waals surface area contributed by atoms with Crippen LogP contribution in [0.25, 0.3) is 0 Å². The highest BCUT2D eigenvalue weighted by Gasteiger charge is 2.38. The quantitative estimate of drug-likeness (QED) is 0.663. The van der Waals surface area contributed by atoms with E-state index in [1.165, 1.54) is 0 Å². The van der Waals surface area contributed by atoms with Crippen molar-refractivity contribution in [1.29, 1.82) is 0 Å². The molecule has 0 bridgehead atoms. The van der Waals surface area contributed by atoms with Crippen molar-refractivity contribution in [2.45, 2.75) is 31.3 Å². The number of fused-ring (bicyclic) bond motifs is 1. The van der Waals surface area contributed by atoms with Crippen LogP contribution in [0, 0.1) is 23.5 Å². The molecular weight excluding hydrogens is 262 g/mol. The molecule has 3 nitrogen and oxygen atoms in total. The van der Waals surface area contributed by atoms with Crippen LogP contribution in [0.1, 0.15) is 19.3 Å². The summed E-state index contributed by atoms with van der Waals surface area (Å²) >= 11 is 0. The number of nitrogens with zero attached hydrogens (tertiary/aromatic N) is 2. The fourth-order valence-electron chi connectivity index (χ4n) is 3.05. The Balaban J connectivity index is 1.87. The molecule has 0 aliphatic carbocycles. The second-order valence-electron chi connectivity index (χ2n) is 4.98. The predicted molar refractivity (Wildman–Crippen MR) is 60.7 cm³/mol. The van der Waals surface area contributed by atoms with Crippen molar-refractivity contribution in [2.24, 2.45) is 0 Å². The Kier molecular flexibility index (Phi) is 3.08. The van der Waals surface area contributed by atoms with E-state index in [0.717, 1.165) is 25.9 Å². The standard InChI is InChI=1S/C12H13F4N3/c13-8-10(9(14)12(16)18-11(8)15)17-6-3-5-19-4-1-2-7(6)19/h6-7H,1-5H2,(H,17,18). The predicted octanol–water partition coefficient (Wildman–Crippen LogP) is 2.29. The Morgan fingerprint density at radius 1 is 1.00 bits per heavy atom. The van der Waals surface area contributed by atoms with Gasteiger partial charge in [0, 0.05) is 18.6 Å². The molecule has 3 heterocycles. The van der Waals surface area contributed by atoms with Crippen LogP contribution in [0.5, 0.6) is 0 Å². The molecule has 0 amide bonds. The van der Waals surface area contributed by atoms with Crippen LogP contribution in [0.15, 0.2) is 0 Å². The maximum absolute atomic E-state index is 13.5. The first-order valence-electron chi connectivity index (χ1n) is 6.28. The van der Waals surface area contributed by atoms with Gasteiger partial charge in [-0.15, -0.1) is 0 Å². The number of aromatic nitrogens is 1. The van der Waals surface area contributed by atoms with E-state index in [4.69, 9.17) is 0 Å². The van der Waals surface area contributed by atoms with Gasteiger partial charge in [-0.25, -0.2) is 0 Å². The van der Waals surface area contributed by atoms with E-state index in [2.05, 4.69) is 15.2 Å². The summed E-state index contributed by atoms with van der Waals surface area (Å²) in [6, 6.07) is -0.00853. The molecule has 0 radical (unpaired) electrons. The molecule has 0 spiro atoms. The van der Waals surface area contributed by atoms with Crippen LogP contribution in [0.4, 0.5) is 23.2 Å². The number of nitrogens with one attached hydrogen (secondary N) is 1. The Bertz CT molecular complexity index is 482. The number of rotatable bonds is 2. The van der Waals surface area contributed by atoms with Gasteiger partial charge in [0.25, 0.3) is 11.9 Å². The highest BCUT2D eigenvalue weighted by Crippen LogP contribution is 2.32. The van der Waals surface area contributed by atoms with Gasteiger partial charge < -0.3 is 5.32 Å². The van der Waals surface area contributed by atoms with Crippen LogP contribution in [-0.4, -0.2) is 35.1 Å². The first kappa shape index (κ1) is 12.7. The smallest absolute Gasteiger partial charge is 0.253 e. The van der Waals surface area contributed by atoms with E-state index in [1.54, 1.807) is 0 Å². The van der Waals surface area contributed by atoms with Crippen molar-refractivity contribution in [3.8, 4) is 0 Å². The van der Waals surface area contributed by atoms with Gasteiger partial charge in [0.1, 0.15) is 5.69 Å². The minimum atomic E-state index is -1.62. The van der Waals surface area contributed by atoms with Gasteiger partial charge in [-0.05, 0) is 25.8 Å². The van der Waals surface area contributed by atoms with Gasteiger partial charge in [0.05, 0.1) is 0 Å². The molecule has 1 aromatic heterocycles. The maximum Gasteiger partial charge on any atom is 0.253 e. The van der Waals surface area contributed by atoms with Gasteiger partial charge in [0.15, 0.2) is 0 Å². The minimum absolute atomic E-state index is 0.179. The number of hydrogen-bond donors (Lipinski definition) is 1. The highest BCUT2D eigenvalue weighted by molar-refractivity contribution is 5.47. The number of anilines is 1. The molecule has 2 fully saturated rings. The SMILES string of the molecule is Fc1nc(F)c(F)c(NC2CCN3CCCC23)c1F. The van der Waals surface area contributed by atoms with E-state index in [1.807, 2.05) is 0 Å². The highest BCUT2D eigenvalue weighted by atomic mass is 19.2. The topological polar surface area (TPSA) is 28.2 Å². The summed E-state index contributed by atoms with van der Waals surface area (Å²) < 4.78 is 53.1. The summed E-state index contributed by atoms with van der Waals surface area (Å²) in [7, 11) is 0. The Labute approximate surface area is 107 Å². The summed E-state index contributed by atoms with van der Waals surface area (Å²) in [5.74, 6) is -6.17. The Morgan fingerprint density at radius 3 is 2.37 bits per heavy atom. The summed E-state index contributed by atoms with van der Waals surface area (Å²) in [6.45, 7) is 1.80. The first-order chi connectivity index (χ1) is 9.08. The van der Waals surface area contributed by atoms with Crippen molar-refractivity contribution >= 4 is 5.69 Å². The summed E-state index contributed by atoms with van der Waals surface area (Å²) in [4.78, 5) is 4.76. The van der Waals surface area contributed by atoms with Crippen molar-refractivity contribution in [3.05, 3.63) is 23.5 Å². The Morgan fingerprint density at radius 2 is 1.68 bits per heavy atom. The van der Waals surface area contributed by atoms with Crippen molar-refractivity contribution in [2.75, 3.05) is 18.4 Å². The maximum atomic E-state index is 13.5. The van der Waals surface area contributed by atoms with Crippen LogP contribution >= 0.6 is 0 Å². The molecule has 104 valence electrons. The third-order valence-electron chi connectivity index (χ3n) is 3.93. The molecule has 2 aliphatic heterocycles. The van der Waals surface area contributed by atoms with Crippen molar-refractivity contribution in [1.82, 2.24) is 9.88 Å². The molecule has 2 unspecified atom stereocenters. The molecule has 2 atom stereocenters.